The van der Waals surface area contributed by atoms with Crippen molar-refractivity contribution in [2.24, 2.45) is 4.99 Å². The molecule has 110 valence electrons. The number of carbonyl (C=O) groups is 1. The van der Waals surface area contributed by atoms with Crippen molar-refractivity contribution in [3.63, 3.8) is 0 Å². The molecule has 1 heterocycles. The van der Waals surface area contributed by atoms with E-state index in [0.29, 0.717) is 0 Å². The van der Waals surface area contributed by atoms with Gasteiger partial charge in [0.05, 0.1) is 30.3 Å². The molecule has 0 aliphatic carbocycles. The minimum Gasteiger partial charge on any atom is -0.469 e. The summed E-state index contributed by atoms with van der Waals surface area (Å²) >= 11 is 0. The monoisotopic (exact) mass is 303 g/mol. The summed E-state index contributed by atoms with van der Waals surface area (Å²) < 4.78 is 9.81. The van der Waals surface area contributed by atoms with E-state index in [0.717, 1.165) is 16.2 Å². The van der Waals surface area contributed by atoms with E-state index in [1.165, 1.54) is 7.11 Å². The van der Waals surface area contributed by atoms with Crippen LogP contribution in [0.4, 0.5) is 0 Å². The summed E-state index contributed by atoms with van der Waals surface area (Å²) in [6, 6.07) is 9.95. The van der Waals surface area contributed by atoms with E-state index in [-0.39, 0.29) is 22.9 Å². The molecule has 1 aliphatic rings. The Morgan fingerprint density at radius 1 is 1.24 bits per heavy atom. The van der Waals surface area contributed by atoms with Crippen molar-refractivity contribution in [2.45, 2.75) is 6.42 Å². The number of ether oxygens (including phenoxy) is 2. The van der Waals surface area contributed by atoms with Gasteiger partial charge in [-0.3, -0.25) is 4.79 Å². The summed E-state index contributed by atoms with van der Waals surface area (Å²) in [6.07, 6.45) is 4.11. The van der Waals surface area contributed by atoms with Gasteiger partial charge in [0.2, 0.25) is 0 Å². The topological polar surface area (TPSA) is 47.9 Å². The maximum absolute atomic E-state index is 11.6. The molecular weight excluding hydrogens is 286 g/mol. The standard InChI is InChI=1S/C16H17NO3S/c1-19-12-21-11-17-14(15(21)10-16(18)20-2)9-8-13-6-4-3-5-7-13/h3-9,11-12H,10H2,1-2H3. The molecule has 0 saturated heterocycles. The van der Waals surface area contributed by atoms with Crippen LogP contribution in [0.3, 0.4) is 0 Å². The first kappa shape index (κ1) is 15.4. The average molecular weight is 303 g/mol. The molecule has 2 rings (SSSR count). The second kappa shape index (κ2) is 7.71. The first-order valence-electron chi connectivity index (χ1n) is 6.40. The molecular formula is C16H17NO3S. The molecule has 1 aliphatic heterocycles. The highest BCUT2D eigenvalue weighted by Crippen LogP contribution is 2.35. The van der Waals surface area contributed by atoms with Gasteiger partial charge in [0.1, 0.15) is 0 Å². The number of carbonyl (C=O) groups excluding carboxylic acids is 1. The third-order valence-electron chi connectivity index (χ3n) is 2.84. The van der Waals surface area contributed by atoms with E-state index >= 15 is 0 Å². The molecule has 1 atom stereocenters. The lowest BCUT2D eigenvalue weighted by molar-refractivity contribution is -0.139. The highest BCUT2D eigenvalue weighted by molar-refractivity contribution is 8.29. The highest BCUT2D eigenvalue weighted by atomic mass is 32.2. The van der Waals surface area contributed by atoms with Crippen molar-refractivity contribution in [3.8, 4) is 0 Å². The summed E-state index contributed by atoms with van der Waals surface area (Å²) in [5.74, 6) is -0.275. The minimum atomic E-state index is -0.387. The van der Waals surface area contributed by atoms with Gasteiger partial charge >= 0.3 is 5.97 Å². The zero-order valence-electron chi connectivity index (χ0n) is 12.0. The fraction of sp³-hybridized carbons (Fsp3) is 0.188. The lowest BCUT2D eigenvalue weighted by Crippen LogP contribution is -2.01. The quantitative estimate of drug-likeness (QED) is 0.620. The van der Waals surface area contributed by atoms with Gasteiger partial charge in [0.25, 0.3) is 0 Å². The average Bonchev–Trinajstić information content (AvgIpc) is 2.88. The van der Waals surface area contributed by atoms with Crippen LogP contribution >= 0.6 is 10.5 Å². The van der Waals surface area contributed by atoms with Crippen molar-refractivity contribution in [2.75, 3.05) is 14.2 Å². The Labute approximate surface area is 126 Å². The Bertz CT molecular complexity index is 630. The number of methoxy groups -OCH3 is 2. The molecule has 0 N–H and O–H groups in total. The van der Waals surface area contributed by atoms with Gasteiger partial charge in [-0.25, -0.2) is 4.99 Å². The fourth-order valence-corrected chi connectivity index (χ4v) is 3.18. The predicted octanol–water partition coefficient (Wildman–Crippen LogP) is 3.19. The van der Waals surface area contributed by atoms with Crippen molar-refractivity contribution in [1.82, 2.24) is 0 Å². The molecule has 0 saturated carbocycles. The normalized spacial score (nSPS) is 17.9. The molecule has 4 nitrogen and oxygen atoms in total. The third-order valence-corrected chi connectivity index (χ3v) is 4.50. The Hall–Kier alpha value is -1.98. The molecule has 0 fully saturated rings. The van der Waals surface area contributed by atoms with Crippen LogP contribution < -0.4 is 0 Å². The molecule has 1 unspecified atom stereocenters. The summed E-state index contributed by atoms with van der Waals surface area (Å²) in [5.41, 5.74) is 5.36. The molecule has 1 aromatic carbocycles. The van der Waals surface area contributed by atoms with Crippen molar-refractivity contribution in [3.05, 3.63) is 52.6 Å². The van der Waals surface area contributed by atoms with Crippen molar-refractivity contribution in [1.29, 1.82) is 0 Å². The number of nitrogens with zero attached hydrogens (tertiary/aromatic N) is 1. The first-order chi connectivity index (χ1) is 10.2. The molecule has 5 heteroatoms. The smallest absolute Gasteiger partial charge is 0.310 e. The number of hydrogen-bond acceptors (Lipinski definition) is 4. The highest BCUT2D eigenvalue weighted by Gasteiger charge is 2.17. The minimum absolute atomic E-state index is 0.216. The van der Waals surface area contributed by atoms with Gasteiger partial charge in [0.15, 0.2) is 0 Å². The SMILES string of the molecule is COC=S1C=NC(C=Cc2ccccc2)=C1CC(=O)OC. The number of esters is 1. The van der Waals surface area contributed by atoms with E-state index < -0.39 is 0 Å². The van der Waals surface area contributed by atoms with E-state index in [4.69, 9.17) is 9.47 Å². The third kappa shape index (κ3) is 4.24. The Kier molecular flexibility index (Phi) is 5.66. The van der Waals surface area contributed by atoms with Gasteiger partial charge in [-0.2, -0.15) is 0 Å². The molecule has 1 aromatic rings. The number of benzene rings is 1. The molecule has 0 bridgehead atoms. The number of hydrogen-bond donors (Lipinski definition) is 0. The summed E-state index contributed by atoms with van der Waals surface area (Å²) in [5, 5.41) is 0. The van der Waals surface area contributed by atoms with Gasteiger partial charge in [-0.1, -0.05) is 46.9 Å². The number of aliphatic imine (C=N–C) groups is 1. The van der Waals surface area contributed by atoms with Gasteiger partial charge < -0.3 is 9.47 Å². The van der Waals surface area contributed by atoms with Gasteiger partial charge in [-0.05, 0) is 11.6 Å². The van der Waals surface area contributed by atoms with E-state index in [1.54, 1.807) is 18.2 Å². The van der Waals surface area contributed by atoms with Crippen LogP contribution in [-0.4, -0.2) is 31.3 Å². The lowest BCUT2D eigenvalue weighted by Gasteiger charge is -2.05. The summed E-state index contributed by atoms with van der Waals surface area (Å²) in [7, 11) is 2.59. The molecule has 0 spiro atoms. The van der Waals surface area contributed by atoms with Crippen LogP contribution in [0.25, 0.3) is 6.08 Å². The maximum atomic E-state index is 11.6. The predicted molar refractivity (Wildman–Crippen MR) is 88.3 cm³/mol. The van der Waals surface area contributed by atoms with Crippen LogP contribution in [0.15, 0.2) is 52.0 Å². The lowest BCUT2D eigenvalue weighted by atomic mass is 10.2. The maximum Gasteiger partial charge on any atom is 0.310 e. The molecule has 0 radical (unpaired) electrons. The number of allylic oxidation sites excluding steroid dienone is 1. The summed E-state index contributed by atoms with van der Waals surface area (Å²) in [4.78, 5) is 16.8. The van der Waals surface area contributed by atoms with Crippen LogP contribution in [0, 0.1) is 0 Å². The Balaban J connectivity index is 2.27. The number of rotatable bonds is 5. The zero-order valence-corrected chi connectivity index (χ0v) is 12.8. The van der Waals surface area contributed by atoms with E-state index in [2.05, 4.69) is 4.99 Å². The van der Waals surface area contributed by atoms with E-state index in [9.17, 15) is 4.79 Å². The van der Waals surface area contributed by atoms with Gasteiger partial charge in [-0.15, -0.1) is 0 Å². The second-order valence-electron chi connectivity index (χ2n) is 4.24. The van der Waals surface area contributed by atoms with Crippen LogP contribution in [-0.2, 0) is 14.3 Å². The zero-order chi connectivity index (χ0) is 15.1. The fourth-order valence-electron chi connectivity index (χ4n) is 1.81. The summed E-state index contributed by atoms with van der Waals surface area (Å²) in [6.45, 7) is 0. The largest absolute Gasteiger partial charge is 0.469 e. The first-order valence-corrected chi connectivity index (χ1v) is 7.75. The second-order valence-corrected chi connectivity index (χ2v) is 5.88. The van der Waals surface area contributed by atoms with Crippen LogP contribution in [0.2, 0.25) is 0 Å². The molecule has 0 aromatic heterocycles. The van der Waals surface area contributed by atoms with E-state index in [1.807, 2.05) is 42.5 Å². The van der Waals surface area contributed by atoms with Crippen molar-refractivity contribution >= 4 is 33.6 Å². The molecule has 21 heavy (non-hydrogen) atoms. The van der Waals surface area contributed by atoms with Crippen molar-refractivity contribution < 1.29 is 14.3 Å². The van der Waals surface area contributed by atoms with Crippen LogP contribution in [0.5, 0.6) is 0 Å². The van der Waals surface area contributed by atoms with Crippen LogP contribution in [0.1, 0.15) is 12.0 Å². The Morgan fingerprint density at radius 3 is 2.67 bits per heavy atom. The van der Waals surface area contributed by atoms with Gasteiger partial charge in [0, 0.05) is 12.0 Å². The Morgan fingerprint density at radius 2 is 2.00 bits per heavy atom. The molecule has 0 amide bonds.